The Hall–Kier alpha value is -0.940. The third-order valence-electron chi connectivity index (χ3n) is 2.07. The lowest BCUT2D eigenvalue weighted by atomic mass is 10.1. The van der Waals surface area contributed by atoms with E-state index in [0.29, 0.717) is 28.3 Å². The predicted molar refractivity (Wildman–Crippen MR) is 61.7 cm³/mol. The standard InChI is InChI=1S/C10H14BrNO3/c1-13-7-4-6(5-12)9(14-2)8(11)10(7)15-3/h4H,5,12H2,1-3H3. The van der Waals surface area contributed by atoms with E-state index >= 15 is 0 Å². The molecule has 0 heterocycles. The van der Waals surface area contributed by atoms with Gasteiger partial charge in [0, 0.05) is 12.1 Å². The molecule has 0 saturated carbocycles. The molecule has 15 heavy (non-hydrogen) atoms. The number of hydrogen-bond acceptors (Lipinski definition) is 4. The van der Waals surface area contributed by atoms with E-state index in [1.54, 1.807) is 21.3 Å². The average Bonchev–Trinajstić information content (AvgIpc) is 2.27. The highest BCUT2D eigenvalue weighted by Gasteiger charge is 2.17. The van der Waals surface area contributed by atoms with Crippen LogP contribution in [0.4, 0.5) is 0 Å². The number of ether oxygens (including phenoxy) is 3. The first kappa shape index (κ1) is 12.1. The molecule has 1 aromatic carbocycles. The fraction of sp³-hybridized carbons (Fsp3) is 0.400. The molecule has 0 atom stereocenters. The molecular formula is C10H14BrNO3. The molecule has 84 valence electrons. The van der Waals surface area contributed by atoms with Crippen LogP contribution in [0.2, 0.25) is 0 Å². The van der Waals surface area contributed by atoms with Crippen molar-refractivity contribution in [2.75, 3.05) is 21.3 Å². The van der Waals surface area contributed by atoms with Gasteiger partial charge in [0.25, 0.3) is 0 Å². The lowest BCUT2D eigenvalue weighted by Crippen LogP contribution is -2.03. The molecule has 0 aliphatic rings. The van der Waals surface area contributed by atoms with Crippen molar-refractivity contribution >= 4 is 15.9 Å². The summed E-state index contributed by atoms with van der Waals surface area (Å²) in [6, 6.07) is 1.81. The van der Waals surface area contributed by atoms with Crippen LogP contribution in [0.5, 0.6) is 17.2 Å². The monoisotopic (exact) mass is 275 g/mol. The molecule has 0 aliphatic carbocycles. The molecule has 0 bridgehead atoms. The molecule has 2 N–H and O–H groups in total. The second-order valence-corrected chi connectivity index (χ2v) is 3.62. The third-order valence-corrected chi connectivity index (χ3v) is 2.79. The van der Waals surface area contributed by atoms with Crippen molar-refractivity contribution in [3.63, 3.8) is 0 Å². The molecule has 4 nitrogen and oxygen atoms in total. The van der Waals surface area contributed by atoms with E-state index in [-0.39, 0.29) is 0 Å². The summed E-state index contributed by atoms with van der Waals surface area (Å²) < 4.78 is 16.4. The van der Waals surface area contributed by atoms with Gasteiger partial charge in [0.05, 0.1) is 21.3 Å². The zero-order chi connectivity index (χ0) is 11.4. The number of halogens is 1. The third kappa shape index (κ3) is 2.18. The summed E-state index contributed by atoms with van der Waals surface area (Å²) in [5.74, 6) is 1.91. The highest BCUT2D eigenvalue weighted by Crippen LogP contribution is 2.43. The van der Waals surface area contributed by atoms with Crippen molar-refractivity contribution in [3.8, 4) is 17.2 Å². The van der Waals surface area contributed by atoms with Gasteiger partial charge in [0.1, 0.15) is 10.2 Å². The van der Waals surface area contributed by atoms with Gasteiger partial charge >= 0.3 is 0 Å². The summed E-state index contributed by atoms with van der Waals surface area (Å²) in [5.41, 5.74) is 6.48. The smallest absolute Gasteiger partial charge is 0.178 e. The number of hydrogen-bond donors (Lipinski definition) is 1. The van der Waals surface area contributed by atoms with Gasteiger partial charge in [-0.25, -0.2) is 0 Å². The Morgan fingerprint density at radius 1 is 1.13 bits per heavy atom. The molecule has 5 heteroatoms. The maximum Gasteiger partial charge on any atom is 0.178 e. The Bertz CT molecular complexity index is 325. The van der Waals surface area contributed by atoms with Crippen LogP contribution in [0.15, 0.2) is 10.5 Å². The van der Waals surface area contributed by atoms with Crippen LogP contribution >= 0.6 is 15.9 Å². The van der Waals surface area contributed by atoms with Crippen LogP contribution in [0, 0.1) is 0 Å². The molecule has 1 rings (SSSR count). The predicted octanol–water partition coefficient (Wildman–Crippen LogP) is 1.93. The van der Waals surface area contributed by atoms with E-state index in [1.165, 1.54) is 0 Å². The van der Waals surface area contributed by atoms with E-state index < -0.39 is 0 Å². The van der Waals surface area contributed by atoms with Gasteiger partial charge in [-0.05, 0) is 22.0 Å². The number of benzene rings is 1. The number of nitrogens with two attached hydrogens (primary N) is 1. The zero-order valence-corrected chi connectivity index (χ0v) is 10.6. The number of rotatable bonds is 4. The molecule has 0 radical (unpaired) electrons. The maximum atomic E-state index is 5.61. The molecule has 0 spiro atoms. The largest absolute Gasteiger partial charge is 0.495 e. The molecular weight excluding hydrogens is 262 g/mol. The normalized spacial score (nSPS) is 9.93. The van der Waals surface area contributed by atoms with Crippen molar-refractivity contribution in [2.45, 2.75) is 6.54 Å². The molecule has 1 aromatic rings. The Morgan fingerprint density at radius 3 is 2.13 bits per heavy atom. The Balaban J connectivity index is 3.41. The first-order chi connectivity index (χ1) is 7.19. The number of methoxy groups -OCH3 is 3. The SMILES string of the molecule is COc1cc(CN)c(OC)c(Br)c1OC. The average molecular weight is 276 g/mol. The topological polar surface area (TPSA) is 53.7 Å². The molecule has 0 unspecified atom stereocenters. The summed E-state index contributed by atoms with van der Waals surface area (Å²) >= 11 is 3.40. The Labute approximate surface area is 97.4 Å². The van der Waals surface area contributed by atoms with Crippen LogP contribution in [0.1, 0.15) is 5.56 Å². The van der Waals surface area contributed by atoms with Crippen molar-refractivity contribution < 1.29 is 14.2 Å². The Kier molecular flexibility index (Phi) is 4.23. The van der Waals surface area contributed by atoms with Gasteiger partial charge < -0.3 is 19.9 Å². The van der Waals surface area contributed by atoms with E-state index in [1.807, 2.05) is 6.07 Å². The molecule has 0 aliphatic heterocycles. The van der Waals surface area contributed by atoms with Crippen molar-refractivity contribution in [1.29, 1.82) is 0 Å². The van der Waals surface area contributed by atoms with E-state index in [4.69, 9.17) is 19.9 Å². The van der Waals surface area contributed by atoms with Crippen LogP contribution in [-0.4, -0.2) is 21.3 Å². The van der Waals surface area contributed by atoms with Crippen LogP contribution in [0.25, 0.3) is 0 Å². The van der Waals surface area contributed by atoms with Crippen LogP contribution < -0.4 is 19.9 Å². The van der Waals surface area contributed by atoms with Gasteiger partial charge in [-0.1, -0.05) is 0 Å². The van der Waals surface area contributed by atoms with Gasteiger partial charge in [0.2, 0.25) is 0 Å². The molecule has 0 amide bonds. The maximum absolute atomic E-state index is 5.61. The van der Waals surface area contributed by atoms with Gasteiger partial charge in [0.15, 0.2) is 11.5 Å². The highest BCUT2D eigenvalue weighted by molar-refractivity contribution is 9.10. The molecule has 0 fully saturated rings. The van der Waals surface area contributed by atoms with Crippen molar-refractivity contribution in [2.24, 2.45) is 5.73 Å². The van der Waals surface area contributed by atoms with Crippen LogP contribution in [0.3, 0.4) is 0 Å². The Morgan fingerprint density at radius 2 is 1.73 bits per heavy atom. The second kappa shape index (κ2) is 5.23. The van der Waals surface area contributed by atoms with Gasteiger partial charge in [-0.15, -0.1) is 0 Å². The lowest BCUT2D eigenvalue weighted by Gasteiger charge is -2.15. The molecule has 0 saturated heterocycles. The summed E-state index contributed by atoms with van der Waals surface area (Å²) in [7, 11) is 4.74. The minimum atomic E-state index is 0.377. The first-order valence-electron chi connectivity index (χ1n) is 4.37. The first-order valence-corrected chi connectivity index (χ1v) is 5.16. The minimum Gasteiger partial charge on any atom is -0.495 e. The fourth-order valence-electron chi connectivity index (χ4n) is 1.36. The summed E-state index contributed by atoms with van der Waals surface area (Å²) in [5, 5.41) is 0. The minimum absolute atomic E-state index is 0.377. The highest BCUT2D eigenvalue weighted by atomic mass is 79.9. The zero-order valence-electron chi connectivity index (χ0n) is 8.96. The van der Waals surface area contributed by atoms with Crippen molar-refractivity contribution in [3.05, 3.63) is 16.1 Å². The summed E-state index contributed by atoms with van der Waals surface area (Å²) in [6.45, 7) is 0.377. The van der Waals surface area contributed by atoms with E-state index in [0.717, 1.165) is 5.56 Å². The van der Waals surface area contributed by atoms with E-state index in [9.17, 15) is 0 Å². The van der Waals surface area contributed by atoms with Gasteiger partial charge in [-0.2, -0.15) is 0 Å². The van der Waals surface area contributed by atoms with Gasteiger partial charge in [-0.3, -0.25) is 0 Å². The summed E-state index contributed by atoms with van der Waals surface area (Å²) in [4.78, 5) is 0. The molecule has 0 aromatic heterocycles. The van der Waals surface area contributed by atoms with E-state index in [2.05, 4.69) is 15.9 Å². The quantitative estimate of drug-likeness (QED) is 0.913. The van der Waals surface area contributed by atoms with Crippen LogP contribution in [-0.2, 0) is 6.54 Å². The summed E-state index contributed by atoms with van der Waals surface area (Å²) in [6.07, 6.45) is 0. The fourth-order valence-corrected chi connectivity index (χ4v) is 2.13. The lowest BCUT2D eigenvalue weighted by molar-refractivity contribution is 0.344. The second-order valence-electron chi connectivity index (χ2n) is 2.82. The van der Waals surface area contributed by atoms with Crippen molar-refractivity contribution in [1.82, 2.24) is 0 Å².